The lowest BCUT2D eigenvalue weighted by molar-refractivity contribution is -0.116. The van der Waals surface area contributed by atoms with E-state index < -0.39 is 11.9 Å². The number of halogens is 1. The molecule has 2 heterocycles. The molecule has 0 radical (unpaired) electrons. The van der Waals surface area contributed by atoms with Crippen molar-refractivity contribution in [2.75, 3.05) is 11.9 Å². The largest absolute Gasteiger partial charge is 0.462 e. The molecule has 2 amide bonds. The Bertz CT molecular complexity index is 843. The number of anilines is 1. The van der Waals surface area contributed by atoms with Gasteiger partial charge in [0.1, 0.15) is 11.5 Å². The molecule has 0 saturated heterocycles. The van der Waals surface area contributed by atoms with Crippen LogP contribution in [0.4, 0.5) is 5.00 Å². The summed E-state index contributed by atoms with van der Waals surface area (Å²) in [7, 11) is 0. The molecule has 0 aliphatic heterocycles. The molecule has 0 unspecified atom stereocenters. The summed E-state index contributed by atoms with van der Waals surface area (Å²) in [5, 5.41) is 6.96. The van der Waals surface area contributed by atoms with E-state index >= 15 is 0 Å². The summed E-state index contributed by atoms with van der Waals surface area (Å²) in [4.78, 5) is 36.2. The van der Waals surface area contributed by atoms with Crippen LogP contribution >= 0.6 is 27.3 Å². The van der Waals surface area contributed by atoms with Gasteiger partial charge in [-0.2, -0.15) is 5.10 Å². The van der Waals surface area contributed by atoms with Crippen LogP contribution in [0.3, 0.4) is 0 Å². The number of thiophene rings is 1. The van der Waals surface area contributed by atoms with Crippen LogP contribution in [0.2, 0.25) is 0 Å². The van der Waals surface area contributed by atoms with Crippen molar-refractivity contribution in [2.45, 2.75) is 27.3 Å². The van der Waals surface area contributed by atoms with Crippen LogP contribution < -0.4 is 11.1 Å². The van der Waals surface area contributed by atoms with Crippen molar-refractivity contribution in [2.24, 2.45) is 5.73 Å². The van der Waals surface area contributed by atoms with Crippen LogP contribution in [0.25, 0.3) is 0 Å². The maximum Gasteiger partial charge on any atom is 0.341 e. The van der Waals surface area contributed by atoms with Gasteiger partial charge >= 0.3 is 5.97 Å². The summed E-state index contributed by atoms with van der Waals surface area (Å²) in [6, 6.07) is 0. The second kappa shape index (κ2) is 7.79. The third kappa shape index (κ3) is 4.07. The predicted octanol–water partition coefficient (Wildman–Crippen LogP) is 2.24. The second-order valence-electron chi connectivity index (χ2n) is 5.13. The predicted molar refractivity (Wildman–Crippen MR) is 96.8 cm³/mol. The Morgan fingerprint density at radius 2 is 2.08 bits per heavy atom. The van der Waals surface area contributed by atoms with Gasteiger partial charge in [-0.15, -0.1) is 11.3 Å². The van der Waals surface area contributed by atoms with E-state index in [1.807, 2.05) is 6.92 Å². The van der Waals surface area contributed by atoms with Crippen molar-refractivity contribution in [3.8, 4) is 0 Å². The van der Waals surface area contributed by atoms with Gasteiger partial charge in [-0.3, -0.25) is 14.3 Å². The van der Waals surface area contributed by atoms with Gasteiger partial charge in [0.2, 0.25) is 5.91 Å². The minimum atomic E-state index is -0.666. The van der Waals surface area contributed by atoms with Gasteiger partial charge in [-0.05, 0) is 42.3 Å². The van der Waals surface area contributed by atoms with Gasteiger partial charge in [0.25, 0.3) is 5.91 Å². The van der Waals surface area contributed by atoms with Crippen LogP contribution in [-0.4, -0.2) is 34.2 Å². The van der Waals surface area contributed by atoms with Crippen molar-refractivity contribution in [3.05, 3.63) is 32.4 Å². The van der Waals surface area contributed by atoms with Gasteiger partial charge in [-0.25, -0.2) is 4.79 Å². The first-order valence-corrected chi connectivity index (χ1v) is 8.95. The van der Waals surface area contributed by atoms with Gasteiger partial charge in [-0.1, -0.05) is 0 Å². The Labute approximate surface area is 156 Å². The van der Waals surface area contributed by atoms with E-state index in [0.29, 0.717) is 5.56 Å². The van der Waals surface area contributed by atoms with Crippen molar-refractivity contribution in [1.82, 2.24) is 9.78 Å². The molecule has 2 rings (SSSR count). The van der Waals surface area contributed by atoms with Gasteiger partial charge in [0.05, 0.1) is 33.4 Å². The van der Waals surface area contributed by atoms with Crippen molar-refractivity contribution in [3.63, 3.8) is 0 Å². The zero-order valence-electron chi connectivity index (χ0n) is 13.9. The average molecular weight is 429 g/mol. The first-order chi connectivity index (χ1) is 11.8. The summed E-state index contributed by atoms with van der Waals surface area (Å²) in [6.07, 6.45) is 1.59. The number of amides is 2. The van der Waals surface area contributed by atoms with E-state index in [1.165, 1.54) is 4.68 Å². The van der Waals surface area contributed by atoms with Crippen LogP contribution in [0.15, 0.2) is 10.7 Å². The number of primary amides is 1. The minimum Gasteiger partial charge on any atom is -0.462 e. The number of rotatable bonds is 6. The van der Waals surface area contributed by atoms with Crippen LogP contribution in [-0.2, 0) is 16.1 Å². The number of nitrogens with one attached hydrogen (secondary N) is 1. The molecule has 0 bridgehead atoms. The summed E-state index contributed by atoms with van der Waals surface area (Å²) < 4.78 is 7.31. The van der Waals surface area contributed by atoms with E-state index in [9.17, 15) is 14.4 Å². The van der Waals surface area contributed by atoms with Crippen LogP contribution in [0, 0.1) is 13.8 Å². The van der Waals surface area contributed by atoms with Crippen LogP contribution in [0.5, 0.6) is 0 Å². The highest BCUT2D eigenvalue weighted by Gasteiger charge is 2.25. The Morgan fingerprint density at radius 3 is 2.60 bits per heavy atom. The monoisotopic (exact) mass is 428 g/mol. The second-order valence-corrected chi connectivity index (χ2v) is 7.00. The first-order valence-electron chi connectivity index (χ1n) is 7.34. The Balaban J connectivity index is 2.29. The van der Waals surface area contributed by atoms with Crippen LogP contribution in [0.1, 0.15) is 38.2 Å². The first kappa shape index (κ1) is 19.1. The lowest BCUT2D eigenvalue weighted by Gasteiger charge is -2.08. The van der Waals surface area contributed by atoms with E-state index in [1.54, 1.807) is 20.0 Å². The quantitative estimate of drug-likeness (QED) is 0.684. The van der Waals surface area contributed by atoms with Gasteiger partial charge in [0.15, 0.2) is 0 Å². The number of hydrogen-bond donors (Lipinski definition) is 2. The third-order valence-electron chi connectivity index (χ3n) is 3.44. The molecule has 0 aliphatic carbocycles. The maximum atomic E-state index is 12.3. The fourth-order valence-corrected chi connectivity index (χ4v) is 3.53. The molecule has 0 fully saturated rings. The topological polar surface area (TPSA) is 116 Å². The summed E-state index contributed by atoms with van der Waals surface area (Å²) in [5.74, 6) is -1.67. The number of carbonyl (C=O) groups is 3. The van der Waals surface area contributed by atoms with Crippen molar-refractivity contribution >= 4 is 50.1 Å². The fourth-order valence-electron chi connectivity index (χ4n) is 2.17. The molecular formula is C15H17BrN4O4S. The molecular weight excluding hydrogens is 412 g/mol. The van der Waals surface area contributed by atoms with E-state index in [4.69, 9.17) is 10.5 Å². The standard InChI is InChI=1S/C15H17BrN4O4S/c1-4-24-15(23)11-7(2)12(13(17)22)25-14(11)19-10(21)6-20-8(3)9(16)5-18-20/h5H,4,6H2,1-3H3,(H2,17,22)(H,19,21). The molecule has 25 heavy (non-hydrogen) atoms. The molecule has 3 N–H and O–H groups in total. The molecule has 0 aromatic carbocycles. The molecule has 8 nitrogen and oxygen atoms in total. The summed E-state index contributed by atoms with van der Waals surface area (Å²) >= 11 is 4.27. The van der Waals surface area contributed by atoms with E-state index in [2.05, 4.69) is 26.3 Å². The lowest BCUT2D eigenvalue weighted by Crippen LogP contribution is -2.21. The number of esters is 1. The highest BCUT2D eigenvalue weighted by Crippen LogP contribution is 2.33. The average Bonchev–Trinajstić information content (AvgIpc) is 3.02. The highest BCUT2D eigenvalue weighted by molar-refractivity contribution is 9.10. The summed E-state index contributed by atoms with van der Waals surface area (Å²) in [6.45, 7) is 5.21. The van der Waals surface area contributed by atoms with Crippen molar-refractivity contribution in [1.29, 1.82) is 0 Å². The van der Waals surface area contributed by atoms with E-state index in [0.717, 1.165) is 21.5 Å². The Morgan fingerprint density at radius 1 is 1.40 bits per heavy atom. The fraction of sp³-hybridized carbons (Fsp3) is 0.333. The molecule has 0 aliphatic rings. The number of aromatic nitrogens is 2. The van der Waals surface area contributed by atoms with E-state index in [-0.39, 0.29) is 34.5 Å². The van der Waals surface area contributed by atoms with Gasteiger partial charge < -0.3 is 15.8 Å². The normalized spacial score (nSPS) is 10.6. The zero-order chi connectivity index (χ0) is 18.7. The summed E-state index contributed by atoms with van der Waals surface area (Å²) in [5.41, 5.74) is 6.67. The zero-order valence-corrected chi connectivity index (χ0v) is 16.3. The number of ether oxygens (including phenoxy) is 1. The molecule has 134 valence electrons. The molecule has 0 spiro atoms. The molecule has 0 saturated carbocycles. The smallest absolute Gasteiger partial charge is 0.341 e. The number of nitrogens with zero attached hydrogens (tertiary/aromatic N) is 2. The molecule has 2 aromatic rings. The van der Waals surface area contributed by atoms with Crippen molar-refractivity contribution < 1.29 is 19.1 Å². The Kier molecular flexibility index (Phi) is 5.96. The number of hydrogen-bond acceptors (Lipinski definition) is 6. The molecule has 10 heteroatoms. The number of carbonyl (C=O) groups excluding carboxylic acids is 3. The maximum absolute atomic E-state index is 12.3. The highest BCUT2D eigenvalue weighted by atomic mass is 79.9. The third-order valence-corrected chi connectivity index (χ3v) is 5.44. The minimum absolute atomic E-state index is 0.0391. The number of nitrogens with two attached hydrogens (primary N) is 1. The molecule has 2 aromatic heterocycles. The molecule has 0 atom stereocenters. The SMILES string of the molecule is CCOC(=O)c1c(NC(=O)Cn2ncc(Br)c2C)sc(C(N)=O)c1C. The van der Waals surface area contributed by atoms with Gasteiger partial charge in [0, 0.05) is 0 Å². The lowest BCUT2D eigenvalue weighted by atomic mass is 10.1. The Hall–Kier alpha value is -2.20.